The number of allylic oxidation sites excluding steroid dienone is 1. The number of carbonyl (C=O) groups excluding carboxylic acids is 1. The van der Waals surface area contributed by atoms with Gasteiger partial charge in [-0.2, -0.15) is 0 Å². The van der Waals surface area contributed by atoms with Crippen LogP contribution < -0.4 is 0 Å². The molecule has 64 valence electrons. The third kappa shape index (κ3) is 3.88. The van der Waals surface area contributed by atoms with Crippen molar-refractivity contribution in [2.75, 3.05) is 0 Å². The molecule has 1 nitrogen and oxygen atoms in total. The number of hydrogen-bond donors (Lipinski definition) is 0. The fraction of sp³-hybridized carbons (Fsp3) is 0. The molecule has 1 aromatic carbocycles. The monoisotopic (exact) mass is 186 g/mol. The highest BCUT2D eigenvalue weighted by atomic mass is 35.5. The summed E-state index contributed by atoms with van der Waals surface area (Å²) in [5, 5.41) is -0.450. The number of carbonyl (C=O) groups is 1. The lowest BCUT2D eigenvalue weighted by Gasteiger charge is -1.87. The Morgan fingerprint density at radius 2 is 1.83 bits per heavy atom. The van der Waals surface area contributed by atoms with Crippen molar-refractivity contribution < 1.29 is 9.50 Å². The molecule has 0 amide bonds. The summed E-state index contributed by atoms with van der Waals surface area (Å²) in [5.41, 5.74) is 0.974. The molecule has 0 radical (unpaired) electrons. The highest BCUT2D eigenvalue weighted by Crippen LogP contribution is 2.01. The lowest BCUT2D eigenvalue weighted by atomic mass is 10.2. The predicted octanol–water partition coefficient (Wildman–Crippen LogP) is 2.62. The van der Waals surface area contributed by atoms with Crippen molar-refractivity contribution >= 4 is 22.9 Å². The zero-order valence-electron chi connectivity index (χ0n) is 6.24. The minimum atomic E-state index is -0.450. The Kier molecular flexibility index (Phi) is 4.97. The van der Waals surface area contributed by atoms with Gasteiger partial charge in [0.1, 0.15) is 0 Å². The van der Waals surface area contributed by atoms with E-state index in [4.69, 9.17) is 11.6 Å². The average molecular weight is 187 g/mol. The molecular formula is C9H8ClFO. The lowest BCUT2D eigenvalue weighted by Crippen LogP contribution is -1.75. The van der Waals surface area contributed by atoms with Gasteiger partial charge in [-0.3, -0.25) is 9.50 Å². The molecule has 0 aliphatic carbocycles. The van der Waals surface area contributed by atoms with Crippen molar-refractivity contribution in [2.24, 2.45) is 0 Å². The second-order valence-electron chi connectivity index (χ2n) is 2.05. The van der Waals surface area contributed by atoms with E-state index >= 15 is 0 Å². The van der Waals surface area contributed by atoms with Gasteiger partial charge in [-0.25, -0.2) is 0 Å². The number of hydrogen-bond acceptors (Lipinski definition) is 1. The van der Waals surface area contributed by atoms with Crippen LogP contribution in [0.5, 0.6) is 0 Å². The Morgan fingerprint density at radius 3 is 2.33 bits per heavy atom. The smallest absolute Gasteiger partial charge is 0.245 e. The number of rotatable bonds is 2. The zero-order valence-corrected chi connectivity index (χ0v) is 6.99. The van der Waals surface area contributed by atoms with Crippen LogP contribution in [0.15, 0.2) is 36.4 Å². The molecule has 3 heteroatoms. The molecular weight excluding hydrogens is 179 g/mol. The normalized spacial score (nSPS) is 9.42. The van der Waals surface area contributed by atoms with Crippen LogP contribution in [0, 0.1) is 0 Å². The van der Waals surface area contributed by atoms with Gasteiger partial charge in [0.2, 0.25) is 5.24 Å². The molecule has 0 saturated carbocycles. The molecule has 1 rings (SSSR count). The van der Waals surface area contributed by atoms with Gasteiger partial charge in [-0.15, -0.1) is 0 Å². The molecule has 0 unspecified atom stereocenters. The maximum absolute atomic E-state index is 10.3. The van der Waals surface area contributed by atoms with Gasteiger partial charge in [0.15, 0.2) is 0 Å². The second-order valence-corrected chi connectivity index (χ2v) is 2.42. The van der Waals surface area contributed by atoms with Crippen molar-refractivity contribution in [2.45, 2.75) is 0 Å². The lowest BCUT2D eigenvalue weighted by molar-refractivity contribution is -0.107. The number of benzene rings is 1. The van der Waals surface area contributed by atoms with Crippen LogP contribution in [0.3, 0.4) is 0 Å². The summed E-state index contributed by atoms with van der Waals surface area (Å²) in [5.74, 6) is 0. The molecule has 0 atom stereocenters. The van der Waals surface area contributed by atoms with Crippen LogP contribution in [0.4, 0.5) is 4.70 Å². The number of halogens is 2. The van der Waals surface area contributed by atoms with Gasteiger partial charge >= 0.3 is 0 Å². The molecule has 0 N–H and O–H groups in total. The topological polar surface area (TPSA) is 17.1 Å². The van der Waals surface area contributed by atoms with Crippen LogP contribution in [-0.2, 0) is 4.79 Å². The summed E-state index contributed by atoms with van der Waals surface area (Å²) in [7, 11) is 0. The van der Waals surface area contributed by atoms with Crippen LogP contribution in [0.2, 0.25) is 0 Å². The molecule has 0 aromatic heterocycles. The first-order valence-corrected chi connectivity index (χ1v) is 3.59. The van der Waals surface area contributed by atoms with Gasteiger partial charge < -0.3 is 0 Å². The Hall–Kier alpha value is -1.15. The van der Waals surface area contributed by atoms with Crippen LogP contribution >= 0.6 is 11.6 Å². The van der Waals surface area contributed by atoms with E-state index in [-0.39, 0.29) is 4.70 Å². The molecule has 0 spiro atoms. The summed E-state index contributed by atoms with van der Waals surface area (Å²) < 4.78 is 0. The van der Waals surface area contributed by atoms with E-state index in [9.17, 15) is 4.79 Å². The van der Waals surface area contributed by atoms with Crippen LogP contribution in [0.25, 0.3) is 6.08 Å². The zero-order chi connectivity index (χ0) is 8.10. The first-order chi connectivity index (χ1) is 5.29. The third-order valence-corrected chi connectivity index (χ3v) is 1.33. The molecule has 12 heavy (non-hydrogen) atoms. The first kappa shape index (κ1) is 10.8. The van der Waals surface area contributed by atoms with Crippen LogP contribution in [0.1, 0.15) is 5.56 Å². The first-order valence-electron chi connectivity index (χ1n) is 3.21. The molecule has 0 aliphatic rings. The molecule has 1 aromatic rings. The highest BCUT2D eigenvalue weighted by molar-refractivity contribution is 6.66. The van der Waals surface area contributed by atoms with Gasteiger partial charge in [-0.05, 0) is 23.2 Å². The van der Waals surface area contributed by atoms with E-state index in [0.29, 0.717) is 0 Å². The van der Waals surface area contributed by atoms with Gasteiger partial charge in [0.25, 0.3) is 0 Å². The van der Waals surface area contributed by atoms with Crippen molar-refractivity contribution in [3.8, 4) is 0 Å². The van der Waals surface area contributed by atoms with E-state index in [1.165, 1.54) is 6.08 Å². The SMILES string of the molecule is F.O=C(Cl)C=Cc1ccccc1. The summed E-state index contributed by atoms with van der Waals surface area (Å²) in [6, 6.07) is 9.52. The van der Waals surface area contributed by atoms with Gasteiger partial charge in [0, 0.05) is 0 Å². The van der Waals surface area contributed by atoms with Gasteiger partial charge in [-0.1, -0.05) is 36.4 Å². The van der Waals surface area contributed by atoms with E-state index in [0.717, 1.165) is 5.56 Å². The van der Waals surface area contributed by atoms with Crippen molar-refractivity contribution in [1.82, 2.24) is 0 Å². The summed E-state index contributed by atoms with van der Waals surface area (Å²) in [6.45, 7) is 0. The summed E-state index contributed by atoms with van der Waals surface area (Å²) in [6.07, 6.45) is 3.01. The Labute approximate surface area is 75.0 Å². The quantitative estimate of drug-likeness (QED) is 0.513. The highest BCUT2D eigenvalue weighted by Gasteiger charge is 1.85. The fourth-order valence-corrected chi connectivity index (χ4v) is 0.789. The maximum Gasteiger partial charge on any atom is 0.245 e. The van der Waals surface area contributed by atoms with Crippen molar-refractivity contribution in [3.63, 3.8) is 0 Å². The van der Waals surface area contributed by atoms with E-state index in [2.05, 4.69) is 0 Å². The molecule has 0 heterocycles. The third-order valence-electron chi connectivity index (χ3n) is 1.21. The van der Waals surface area contributed by atoms with Crippen molar-refractivity contribution in [3.05, 3.63) is 42.0 Å². The standard InChI is InChI=1S/C9H7ClO.FH/c10-9(11)7-6-8-4-2-1-3-5-8;/h1-7H;1H. The Morgan fingerprint density at radius 1 is 1.25 bits per heavy atom. The van der Waals surface area contributed by atoms with Crippen LogP contribution in [-0.4, -0.2) is 5.24 Å². The molecule has 0 saturated heterocycles. The summed E-state index contributed by atoms with van der Waals surface area (Å²) >= 11 is 5.10. The largest absolute Gasteiger partial charge is 0.276 e. The Balaban J connectivity index is 0.00000121. The van der Waals surface area contributed by atoms with E-state index < -0.39 is 5.24 Å². The fourth-order valence-electron chi connectivity index (χ4n) is 0.726. The van der Waals surface area contributed by atoms with Crippen molar-refractivity contribution in [1.29, 1.82) is 0 Å². The molecule has 0 aliphatic heterocycles. The second kappa shape index (κ2) is 5.49. The minimum Gasteiger partial charge on any atom is -0.276 e. The van der Waals surface area contributed by atoms with Gasteiger partial charge in [0.05, 0.1) is 0 Å². The predicted molar refractivity (Wildman–Crippen MR) is 48.8 cm³/mol. The van der Waals surface area contributed by atoms with E-state index in [1.807, 2.05) is 30.3 Å². The summed E-state index contributed by atoms with van der Waals surface area (Å²) in [4.78, 5) is 10.3. The molecule has 0 bridgehead atoms. The maximum atomic E-state index is 10.3. The minimum absolute atomic E-state index is 0. The Bertz CT molecular complexity index is 269. The molecule has 0 fully saturated rings. The average Bonchev–Trinajstić information content (AvgIpc) is 2.03. The van der Waals surface area contributed by atoms with E-state index in [1.54, 1.807) is 6.08 Å².